The Balaban J connectivity index is 2.56. The van der Waals surface area contributed by atoms with Crippen LogP contribution in [0.2, 0.25) is 10.0 Å². The van der Waals surface area contributed by atoms with Gasteiger partial charge in [-0.2, -0.15) is 5.10 Å². The van der Waals surface area contributed by atoms with Gasteiger partial charge in [-0.3, -0.25) is 9.59 Å². The fraction of sp³-hybridized carbons (Fsp3) is 0.389. The van der Waals surface area contributed by atoms with Gasteiger partial charge in [-0.1, -0.05) is 37.0 Å². The normalized spacial score (nSPS) is 11.0. The molecule has 0 atom stereocenters. The predicted molar refractivity (Wildman–Crippen MR) is 97.7 cm³/mol. The number of nitrogens with zero attached hydrogens (tertiary/aromatic N) is 2. The molecule has 0 spiro atoms. The van der Waals surface area contributed by atoms with Gasteiger partial charge < -0.3 is 4.74 Å². The van der Waals surface area contributed by atoms with Gasteiger partial charge >= 0.3 is 5.97 Å². The minimum atomic E-state index is -0.519. The summed E-state index contributed by atoms with van der Waals surface area (Å²) < 4.78 is 6.77. The number of hydrogen-bond donors (Lipinski definition) is 0. The number of carbonyl (C=O) groups excluding carboxylic acids is 2. The van der Waals surface area contributed by atoms with E-state index in [-0.39, 0.29) is 28.2 Å². The molecule has 134 valence electrons. The van der Waals surface area contributed by atoms with E-state index in [1.54, 1.807) is 19.9 Å². The van der Waals surface area contributed by atoms with Crippen LogP contribution in [0.15, 0.2) is 12.3 Å². The van der Waals surface area contributed by atoms with Gasteiger partial charge in [-0.15, -0.1) is 0 Å². The minimum Gasteiger partial charge on any atom is -0.407 e. The number of aryl methyl sites for hydroxylation is 1. The van der Waals surface area contributed by atoms with Crippen molar-refractivity contribution in [1.29, 1.82) is 0 Å². The van der Waals surface area contributed by atoms with E-state index in [1.807, 2.05) is 13.8 Å². The maximum absolute atomic E-state index is 13.0. The maximum atomic E-state index is 13.0. The van der Waals surface area contributed by atoms with E-state index in [2.05, 4.69) is 5.10 Å². The maximum Gasteiger partial charge on any atom is 0.309 e. The van der Waals surface area contributed by atoms with Crippen molar-refractivity contribution < 1.29 is 14.3 Å². The lowest BCUT2D eigenvalue weighted by Gasteiger charge is -2.12. The van der Waals surface area contributed by atoms with E-state index in [0.717, 1.165) is 5.56 Å². The fourth-order valence-corrected chi connectivity index (χ4v) is 2.93. The van der Waals surface area contributed by atoms with E-state index in [9.17, 15) is 9.59 Å². The van der Waals surface area contributed by atoms with E-state index < -0.39 is 5.97 Å². The first-order valence-corrected chi connectivity index (χ1v) is 8.63. The Kier molecular flexibility index (Phi) is 5.91. The van der Waals surface area contributed by atoms with Crippen LogP contribution in [0, 0.1) is 19.8 Å². The van der Waals surface area contributed by atoms with Gasteiger partial charge in [-0.05, 0) is 37.0 Å². The van der Waals surface area contributed by atoms with Gasteiger partial charge in [0.2, 0.25) is 11.7 Å². The number of hydrogen-bond acceptors (Lipinski definition) is 4. The highest BCUT2D eigenvalue weighted by Crippen LogP contribution is 2.33. The number of ether oxygens (including phenoxy) is 1. The van der Waals surface area contributed by atoms with Crippen LogP contribution in [-0.4, -0.2) is 21.5 Å². The summed E-state index contributed by atoms with van der Waals surface area (Å²) in [6.45, 7) is 9.36. The highest BCUT2D eigenvalue weighted by Gasteiger charge is 2.25. The Morgan fingerprint density at radius 3 is 2.40 bits per heavy atom. The second-order valence-corrected chi connectivity index (χ2v) is 7.11. The van der Waals surface area contributed by atoms with Crippen molar-refractivity contribution in [3.8, 4) is 5.88 Å². The molecule has 0 aliphatic heterocycles. The predicted octanol–water partition coefficient (Wildman–Crippen LogP) is 4.62. The third kappa shape index (κ3) is 4.05. The molecule has 2 rings (SSSR count). The Labute approximate surface area is 156 Å². The van der Waals surface area contributed by atoms with Crippen molar-refractivity contribution in [3.63, 3.8) is 0 Å². The molecule has 7 heteroatoms. The summed E-state index contributed by atoms with van der Waals surface area (Å²) >= 11 is 12.5. The van der Waals surface area contributed by atoms with E-state index in [4.69, 9.17) is 27.9 Å². The lowest BCUT2D eigenvalue weighted by Crippen LogP contribution is -2.14. The van der Waals surface area contributed by atoms with Gasteiger partial charge in [0.15, 0.2) is 0 Å². The highest BCUT2D eigenvalue weighted by molar-refractivity contribution is 6.39. The number of benzene rings is 1. The quantitative estimate of drug-likeness (QED) is 0.558. The summed E-state index contributed by atoms with van der Waals surface area (Å²) in [5, 5.41) is 5.01. The second-order valence-electron chi connectivity index (χ2n) is 6.36. The molecule has 0 N–H and O–H groups in total. The highest BCUT2D eigenvalue weighted by atomic mass is 35.5. The molecule has 1 aromatic carbocycles. The molecule has 0 aliphatic rings. The molecule has 5 nitrogen and oxygen atoms in total. The van der Waals surface area contributed by atoms with Crippen LogP contribution in [-0.2, 0) is 11.3 Å². The number of esters is 1. The van der Waals surface area contributed by atoms with Gasteiger partial charge in [0.25, 0.3) is 0 Å². The summed E-state index contributed by atoms with van der Waals surface area (Å²) in [7, 11) is 0. The molecule has 0 radical (unpaired) electrons. The standard InChI is InChI=1S/C18H20Cl2N2O3/c1-9(2)8-22-18(25-12(5)23)14(7-21-22)17(24)13-6-10(3)15(19)11(4)16(13)20/h6-7,9H,8H2,1-5H3. The summed E-state index contributed by atoms with van der Waals surface area (Å²) in [4.78, 5) is 24.5. The average Bonchev–Trinajstić information content (AvgIpc) is 2.89. The number of halogens is 2. The lowest BCUT2D eigenvalue weighted by atomic mass is 10.0. The molecule has 0 amide bonds. The Morgan fingerprint density at radius 1 is 1.20 bits per heavy atom. The SMILES string of the molecule is CC(=O)Oc1c(C(=O)c2cc(C)c(Cl)c(C)c2Cl)cnn1CC(C)C. The van der Waals surface area contributed by atoms with Crippen molar-refractivity contribution >= 4 is 35.0 Å². The van der Waals surface area contributed by atoms with Gasteiger partial charge in [0.1, 0.15) is 5.56 Å². The summed E-state index contributed by atoms with van der Waals surface area (Å²) in [5.74, 6) is -0.485. The Morgan fingerprint density at radius 2 is 1.84 bits per heavy atom. The van der Waals surface area contributed by atoms with Gasteiger partial charge in [-0.25, -0.2) is 4.68 Å². The fourth-order valence-electron chi connectivity index (χ4n) is 2.50. The van der Waals surface area contributed by atoms with E-state index in [0.29, 0.717) is 22.7 Å². The first-order valence-electron chi connectivity index (χ1n) is 7.87. The molecular weight excluding hydrogens is 363 g/mol. The molecule has 25 heavy (non-hydrogen) atoms. The first-order chi connectivity index (χ1) is 11.6. The molecule has 0 aliphatic carbocycles. The summed E-state index contributed by atoms with van der Waals surface area (Å²) in [5.41, 5.74) is 1.88. The molecule has 1 aromatic heterocycles. The van der Waals surface area contributed by atoms with Gasteiger partial charge in [0, 0.05) is 24.1 Å². The lowest BCUT2D eigenvalue weighted by molar-refractivity contribution is -0.132. The molecule has 0 fully saturated rings. The van der Waals surface area contributed by atoms with Crippen molar-refractivity contribution in [2.75, 3.05) is 0 Å². The van der Waals surface area contributed by atoms with Crippen LogP contribution >= 0.6 is 23.2 Å². The van der Waals surface area contributed by atoms with Crippen LogP contribution in [0.3, 0.4) is 0 Å². The van der Waals surface area contributed by atoms with Gasteiger partial charge in [0.05, 0.1) is 11.2 Å². The summed E-state index contributed by atoms with van der Waals surface area (Å²) in [6.07, 6.45) is 1.40. The second kappa shape index (κ2) is 7.58. The molecule has 2 aromatic rings. The zero-order valence-electron chi connectivity index (χ0n) is 14.8. The van der Waals surface area contributed by atoms with Crippen LogP contribution in [0.5, 0.6) is 5.88 Å². The molecule has 0 bridgehead atoms. The molecule has 0 saturated heterocycles. The van der Waals surface area contributed by atoms with Crippen LogP contribution < -0.4 is 4.74 Å². The molecule has 0 unspecified atom stereocenters. The third-order valence-corrected chi connectivity index (χ3v) is 4.73. The van der Waals surface area contributed by atoms with Crippen molar-refractivity contribution in [2.45, 2.75) is 41.2 Å². The third-order valence-electron chi connectivity index (χ3n) is 3.66. The number of ketones is 1. The van der Waals surface area contributed by atoms with E-state index >= 15 is 0 Å². The number of carbonyl (C=O) groups is 2. The molecule has 1 heterocycles. The monoisotopic (exact) mass is 382 g/mol. The largest absolute Gasteiger partial charge is 0.407 e. The van der Waals surface area contributed by atoms with Crippen molar-refractivity contribution in [1.82, 2.24) is 9.78 Å². The van der Waals surface area contributed by atoms with Crippen molar-refractivity contribution in [3.05, 3.63) is 44.6 Å². The van der Waals surface area contributed by atoms with Crippen LogP contribution in [0.1, 0.15) is 47.8 Å². The average molecular weight is 383 g/mol. The zero-order valence-corrected chi connectivity index (χ0v) is 16.3. The van der Waals surface area contributed by atoms with Crippen LogP contribution in [0.4, 0.5) is 0 Å². The molecular formula is C18H20Cl2N2O3. The Bertz CT molecular complexity index is 841. The smallest absolute Gasteiger partial charge is 0.309 e. The van der Waals surface area contributed by atoms with Crippen molar-refractivity contribution in [2.24, 2.45) is 5.92 Å². The summed E-state index contributed by atoms with van der Waals surface area (Å²) in [6, 6.07) is 1.64. The molecule has 0 saturated carbocycles. The minimum absolute atomic E-state index is 0.132. The number of rotatable bonds is 5. The topological polar surface area (TPSA) is 61.2 Å². The van der Waals surface area contributed by atoms with E-state index in [1.165, 1.54) is 17.8 Å². The first kappa shape index (κ1) is 19.5. The Hall–Kier alpha value is -1.85. The number of aromatic nitrogens is 2. The zero-order chi connectivity index (χ0) is 18.9. The van der Waals surface area contributed by atoms with Crippen LogP contribution in [0.25, 0.3) is 0 Å².